The van der Waals surface area contributed by atoms with Crippen LogP contribution in [0.5, 0.6) is 11.5 Å². The van der Waals surface area contributed by atoms with Crippen LogP contribution in [0.1, 0.15) is 11.1 Å². The highest BCUT2D eigenvalue weighted by Gasteiger charge is 2.33. The number of nitro benzene ring substituents is 2. The number of alkyl halides is 3. The molecular weight excluding hydrogens is 565 g/mol. The number of nitro groups is 2. The Kier molecular flexibility index (Phi) is 7.88. The molecule has 0 aromatic heterocycles. The van der Waals surface area contributed by atoms with Crippen molar-refractivity contribution in [3.05, 3.63) is 102 Å². The molecule has 0 atom stereocenters. The smallest absolute Gasteiger partial charge is 0.416 e. The van der Waals surface area contributed by atoms with Crippen LogP contribution in [0.15, 0.2) is 70.7 Å². The highest BCUT2D eigenvalue weighted by Crippen LogP contribution is 2.39. The van der Waals surface area contributed by atoms with Gasteiger partial charge in [0, 0.05) is 33.9 Å². The summed E-state index contributed by atoms with van der Waals surface area (Å²) in [4.78, 5) is 33.3. The van der Waals surface area contributed by atoms with Crippen molar-refractivity contribution in [2.45, 2.75) is 6.18 Å². The number of hydrogen-bond donors (Lipinski definition) is 1. The number of benzene rings is 3. The van der Waals surface area contributed by atoms with Gasteiger partial charge in [0.25, 0.3) is 11.6 Å². The summed E-state index contributed by atoms with van der Waals surface area (Å²) in [7, 11) is 0. The number of nitrogens with zero attached hydrogens (tertiary/aromatic N) is 3. The van der Waals surface area contributed by atoms with Crippen molar-refractivity contribution in [1.29, 1.82) is 5.26 Å². The molecule has 3 aromatic carbocycles. The number of ether oxygens (including phenoxy) is 1. The first-order valence-electron chi connectivity index (χ1n) is 9.89. The fourth-order valence-electron chi connectivity index (χ4n) is 2.97. The van der Waals surface area contributed by atoms with E-state index in [0.29, 0.717) is 16.6 Å². The van der Waals surface area contributed by atoms with Gasteiger partial charge in [0.15, 0.2) is 0 Å². The lowest BCUT2D eigenvalue weighted by Crippen LogP contribution is -2.13. The number of amides is 1. The van der Waals surface area contributed by atoms with Crippen LogP contribution in [0.2, 0.25) is 0 Å². The maximum absolute atomic E-state index is 13.0. The molecule has 1 amide bonds. The molecule has 0 unspecified atom stereocenters. The quantitative estimate of drug-likeness (QED) is 0.144. The normalized spacial score (nSPS) is 11.4. The van der Waals surface area contributed by atoms with E-state index in [4.69, 9.17) is 4.74 Å². The van der Waals surface area contributed by atoms with Crippen molar-refractivity contribution in [3.8, 4) is 17.6 Å². The monoisotopic (exact) mass is 576 g/mol. The van der Waals surface area contributed by atoms with Crippen molar-refractivity contribution in [1.82, 2.24) is 0 Å². The molecular formula is C23H12BrF3N4O6. The predicted molar refractivity (Wildman–Crippen MR) is 128 cm³/mol. The second-order valence-electron chi connectivity index (χ2n) is 7.15. The van der Waals surface area contributed by atoms with Gasteiger partial charge in [-0.2, -0.15) is 18.4 Å². The molecule has 10 nitrogen and oxygen atoms in total. The molecule has 0 saturated carbocycles. The summed E-state index contributed by atoms with van der Waals surface area (Å²) >= 11 is 3.21. The molecule has 0 aliphatic heterocycles. The average molecular weight is 577 g/mol. The van der Waals surface area contributed by atoms with Crippen molar-refractivity contribution in [2.24, 2.45) is 0 Å². The van der Waals surface area contributed by atoms with Crippen molar-refractivity contribution in [3.63, 3.8) is 0 Å². The zero-order valence-corrected chi connectivity index (χ0v) is 19.7. The third-order valence-corrected chi connectivity index (χ3v) is 5.15. The van der Waals surface area contributed by atoms with Gasteiger partial charge < -0.3 is 10.1 Å². The van der Waals surface area contributed by atoms with Crippen LogP contribution >= 0.6 is 15.9 Å². The minimum Gasteiger partial charge on any atom is -0.449 e. The summed E-state index contributed by atoms with van der Waals surface area (Å²) in [6.07, 6.45) is -3.73. The van der Waals surface area contributed by atoms with E-state index in [0.717, 1.165) is 18.2 Å². The second kappa shape index (κ2) is 10.9. The van der Waals surface area contributed by atoms with E-state index in [1.165, 1.54) is 36.4 Å². The lowest BCUT2D eigenvalue weighted by Gasteiger charge is -2.12. The number of rotatable bonds is 7. The fourth-order valence-corrected chi connectivity index (χ4v) is 3.34. The molecule has 0 radical (unpaired) electrons. The van der Waals surface area contributed by atoms with Crippen LogP contribution in [-0.2, 0) is 11.0 Å². The summed E-state index contributed by atoms with van der Waals surface area (Å²) in [5.74, 6) is -1.54. The molecule has 0 fully saturated rings. The third-order valence-electron chi connectivity index (χ3n) is 4.65. The molecule has 37 heavy (non-hydrogen) atoms. The van der Waals surface area contributed by atoms with E-state index < -0.39 is 44.5 Å². The van der Waals surface area contributed by atoms with Crippen molar-refractivity contribution >= 4 is 45.0 Å². The first-order chi connectivity index (χ1) is 17.4. The highest BCUT2D eigenvalue weighted by molar-refractivity contribution is 9.10. The SMILES string of the molecule is N#C/C(=C\c1cc(Br)ccc1Oc1ccc(C(F)(F)F)cc1[N+](=O)[O-])C(=O)Nc1cccc([N+](=O)[O-])c1. The van der Waals surface area contributed by atoms with Crippen LogP contribution in [0, 0.1) is 31.6 Å². The number of nitrogens with one attached hydrogen (secondary N) is 1. The third kappa shape index (κ3) is 6.67. The maximum Gasteiger partial charge on any atom is 0.416 e. The van der Waals surface area contributed by atoms with E-state index in [-0.39, 0.29) is 22.7 Å². The Bertz CT molecular complexity index is 1480. The first-order valence-corrected chi connectivity index (χ1v) is 10.7. The minimum atomic E-state index is -4.82. The van der Waals surface area contributed by atoms with Gasteiger partial charge in [-0.25, -0.2) is 0 Å². The Morgan fingerprint density at radius 3 is 2.35 bits per heavy atom. The minimum absolute atomic E-state index is 0.0476. The fraction of sp³-hybridized carbons (Fsp3) is 0.0435. The molecule has 0 spiro atoms. The number of carbonyl (C=O) groups is 1. The lowest BCUT2D eigenvalue weighted by atomic mass is 10.1. The van der Waals surface area contributed by atoms with Gasteiger partial charge in [0.05, 0.1) is 15.4 Å². The lowest BCUT2D eigenvalue weighted by molar-refractivity contribution is -0.385. The standard InChI is InChI=1S/C23H12BrF3N4O6/c24-16-5-7-20(37-21-6-4-15(23(25,26)27)10-19(21)31(35)36)13(9-16)8-14(12-28)22(32)29-17-2-1-3-18(11-17)30(33)34/h1-11H,(H,29,32)/b14-8+. The predicted octanol–water partition coefficient (Wildman–Crippen LogP) is 6.62. The van der Waals surface area contributed by atoms with Crippen molar-refractivity contribution in [2.75, 3.05) is 5.32 Å². The zero-order chi connectivity index (χ0) is 27.3. The molecule has 0 saturated heterocycles. The largest absolute Gasteiger partial charge is 0.449 e. The molecule has 1 N–H and O–H groups in total. The number of non-ortho nitro benzene ring substituents is 1. The Morgan fingerprint density at radius 1 is 1.03 bits per heavy atom. The van der Waals surface area contributed by atoms with Crippen LogP contribution in [-0.4, -0.2) is 15.8 Å². The number of carbonyl (C=O) groups excluding carboxylic acids is 1. The van der Waals surface area contributed by atoms with Gasteiger partial charge in [0.2, 0.25) is 5.75 Å². The Balaban J connectivity index is 1.98. The van der Waals surface area contributed by atoms with E-state index in [2.05, 4.69) is 21.2 Å². The van der Waals surface area contributed by atoms with Gasteiger partial charge in [-0.3, -0.25) is 25.0 Å². The summed E-state index contributed by atoms with van der Waals surface area (Å²) < 4.78 is 45.0. The molecule has 0 aliphatic rings. The molecule has 0 bridgehead atoms. The van der Waals surface area contributed by atoms with E-state index in [1.54, 1.807) is 6.07 Å². The average Bonchev–Trinajstić information content (AvgIpc) is 2.83. The molecule has 0 aliphatic carbocycles. The molecule has 14 heteroatoms. The van der Waals surface area contributed by atoms with Crippen LogP contribution in [0.25, 0.3) is 6.08 Å². The van der Waals surface area contributed by atoms with Crippen LogP contribution < -0.4 is 10.1 Å². The Morgan fingerprint density at radius 2 is 1.73 bits per heavy atom. The number of hydrogen-bond acceptors (Lipinski definition) is 7. The van der Waals surface area contributed by atoms with Crippen LogP contribution in [0.4, 0.5) is 30.2 Å². The molecule has 3 rings (SSSR count). The van der Waals surface area contributed by atoms with Crippen molar-refractivity contribution < 1.29 is 32.5 Å². The number of nitriles is 1. The highest BCUT2D eigenvalue weighted by atomic mass is 79.9. The summed E-state index contributed by atoms with van der Waals surface area (Å²) in [6, 6.07) is 12.6. The zero-order valence-electron chi connectivity index (χ0n) is 18.2. The number of anilines is 1. The summed E-state index contributed by atoms with van der Waals surface area (Å²) in [5, 5.41) is 34.2. The first kappa shape index (κ1) is 26.8. The van der Waals surface area contributed by atoms with Gasteiger partial charge in [-0.1, -0.05) is 22.0 Å². The topological polar surface area (TPSA) is 148 Å². The molecule has 0 heterocycles. The summed E-state index contributed by atoms with van der Waals surface area (Å²) in [6.45, 7) is 0. The van der Waals surface area contributed by atoms with E-state index in [9.17, 15) is 43.5 Å². The molecule has 188 valence electrons. The van der Waals surface area contributed by atoms with Gasteiger partial charge in [-0.05, 0) is 42.5 Å². The van der Waals surface area contributed by atoms with Gasteiger partial charge in [-0.15, -0.1) is 0 Å². The van der Waals surface area contributed by atoms with E-state index in [1.807, 2.05) is 0 Å². The summed E-state index contributed by atoms with van der Waals surface area (Å²) in [5.41, 5.74) is -2.82. The van der Waals surface area contributed by atoms with Gasteiger partial charge >= 0.3 is 11.9 Å². The number of halogens is 4. The molecule has 3 aromatic rings. The second-order valence-corrected chi connectivity index (χ2v) is 8.07. The van der Waals surface area contributed by atoms with Gasteiger partial charge in [0.1, 0.15) is 17.4 Å². The maximum atomic E-state index is 13.0. The Labute approximate surface area is 214 Å². The van der Waals surface area contributed by atoms with E-state index >= 15 is 0 Å². The Hall–Kier alpha value is -4.77. The van der Waals surface area contributed by atoms with Crippen LogP contribution in [0.3, 0.4) is 0 Å².